The van der Waals surface area contributed by atoms with Crippen LogP contribution in [0.5, 0.6) is 0 Å². The third-order valence-electron chi connectivity index (χ3n) is 5.58. The van der Waals surface area contributed by atoms with E-state index in [-0.39, 0.29) is 5.78 Å². The molecule has 0 radical (unpaired) electrons. The third-order valence-corrected chi connectivity index (χ3v) is 5.58. The number of imidazole rings is 1. The number of aromatic nitrogens is 2. The van der Waals surface area contributed by atoms with Gasteiger partial charge in [0.15, 0.2) is 5.82 Å². The maximum atomic E-state index is 12.4. The Bertz CT molecular complexity index is 945. The zero-order valence-electron chi connectivity index (χ0n) is 15.6. The molecular formula is C21H22N4O3. The van der Waals surface area contributed by atoms with Crippen molar-refractivity contribution in [2.24, 2.45) is 24.8 Å². The van der Waals surface area contributed by atoms with Crippen molar-refractivity contribution in [1.82, 2.24) is 14.9 Å². The second-order valence-electron chi connectivity index (χ2n) is 7.47. The average Bonchev–Trinajstić information content (AvgIpc) is 3.43. The van der Waals surface area contributed by atoms with Crippen molar-refractivity contribution in [1.29, 1.82) is 0 Å². The zero-order chi connectivity index (χ0) is 19.7. The number of nitrogens with zero attached hydrogens (tertiary/aromatic N) is 2. The van der Waals surface area contributed by atoms with Crippen molar-refractivity contribution < 1.29 is 14.4 Å². The highest BCUT2D eigenvalue weighted by atomic mass is 16.2. The lowest BCUT2D eigenvalue weighted by atomic mass is 9.94. The van der Waals surface area contributed by atoms with Gasteiger partial charge in [-0.2, -0.15) is 0 Å². The van der Waals surface area contributed by atoms with Gasteiger partial charge in [-0.3, -0.25) is 14.4 Å². The number of aryl methyl sites for hydroxylation is 1. The minimum atomic E-state index is -0.707. The second-order valence-corrected chi connectivity index (χ2v) is 7.47. The molecule has 2 aromatic rings. The van der Waals surface area contributed by atoms with Gasteiger partial charge in [0.25, 0.3) is 0 Å². The summed E-state index contributed by atoms with van der Waals surface area (Å²) in [7, 11) is 1.75. The van der Waals surface area contributed by atoms with E-state index in [9.17, 15) is 14.4 Å². The van der Waals surface area contributed by atoms with Crippen LogP contribution in [0, 0.1) is 17.8 Å². The number of hydrogen-bond donors (Lipinski definition) is 2. The number of carbonyl (C=O) groups is 3. The molecule has 1 aromatic carbocycles. The van der Waals surface area contributed by atoms with Crippen molar-refractivity contribution in [3.05, 3.63) is 60.2 Å². The summed E-state index contributed by atoms with van der Waals surface area (Å²) in [6.07, 6.45) is 9.97. The van der Waals surface area contributed by atoms with E-state index in [4.69, 9.17) is 0 Å². The van der Waals surface area contributed by atoms with Crippen LogP contribution < -0.4 is 10.6 Å². The Balaban J connectivity index is 1.30. The highest BCUT2D eigenvalue weighted by Gasteiger charge is 2.35. The van der Waals surface area contributed by atoms with Gasteiger partial charge < -0.3 is 15.2 Å². The molecule has 144 valence electrons. The normalized spacial score (nSPS) is 22.2. The number of rotatable bonds is 5. The van der Waals surface area contributed by atoms with E-state index in [1.807, 2.05) is 0 Å². The maximum absolute atomic E-state index is 12.4. The van der Waals surface area contributed by atoms with E-state index < -0.39 is 11.8 Å². The fourth-order valence-corrected chi connectivity index (χ4v) is 4.04. The van der Waals surface area contributed by atoms with Gasteiger partial charge in [-0.15, -0.1) is 0 Å². The summed E-state index contributed by atoms with van der Waals surface area (Å²) in [4.78, 5) is 40.6. The van der Waals surface area contributed by atoms with Crippen LogP contribution in [0.15, 0.2) is 48.8 Å². The summed E-state index contributed by atoms with van der Waals surface area (Å²) in [5.74, 6) is 0.365. The fourth-order valence-electron chi connectivity index (χ4n) is 4.04. The number of nitrogens with one attached hydrogen (secondary N) is 2. The Kier molecular flexibility index (Phi) is 4.81. The number of ketones is 1. The SMILES string of the molecule is Cn1ccnc1C(=O)c1ccc(NC(=O)C(=O)NC[C@@H]2C[C@H]3C=C[C@H]2C3)cc1. The molecule has 7 heteroatoms. The van der Waals surface area contributed by atoms with Gasteiger partial charge in [-0.25, -0.2) is 4.98 Å². The molecule has 1 heterocycles. The molecule has 4 rings (SSSR count). The Morgan fingerprint density at radius 1 is 1.11 bits per heavy atom. The van der Waals surface area contributed by atoms with Gasteiger partial charge >= 0.3 is 11.8 Å². The van der Waals surface area contributed by atoms with Crippen molar-refractivity contribution in [2.75, 3.05) is 11.9 Å². The summed E-state index contributed by atoms with van der Waals surface area (Å²) in [6, 6.07) is 6.41. The Labute approximate surface area is 162 Å². The summed E-state index contributed by atoms with van der Waals surface area (Å²) in [5, 5.41) is 5.30. The largest absolute Gasteiger partial charge is 0.348 e. The van der Waals surface area contributed by atoms with E-state index in [1.165, 1.54) is 0 Å². The first-order valence-corrected chi connectivity index (χ1v) is 9.41. The molecule has 1 fully saturated rings. The molecule has 7 nitrogen and oxygen atoms in total. The Morgan fingerprint density at radius 2 is 1.89 bits per heavy atom. The van der Waals surface area contributed by atoms with Gasteiger partial charge in [-0.05, 0) is 54.9 Å². The van der Waals surface area contributed by atoms with Crippen LogP contribution in [0.3, 0.4) is 0 Å². The molecule has 2 N–H and O–H groups in total. The molecule has 1 aromatic heterocycles. The minimum absolute atomic E-state index is 0.206. The smallest absolute Gasteiger partial charge is 0.313 e. The Morgan fingerprint density at radius 3 is 2.50 bits per heavy atom. The fraction of sp³-hybridized carbons (Fsp3) is 0.333. The third kappa shape index (κ3) is 3.60. The molecular weight excluding hydrogens is 356 g/mol. The Hall–Kier alpha value is -3.22. The maximum Gasteiger partial charge on any atom is 0.313 e. The van der Waals surface area contributed by atoms with E-state index >= 15 is 0 Å². The summed E-state index contributed by atoms with van der Waals surface area (Å²) in [5.41, 5.74) is 0.917. The first kappa shape index (κ1) is 18.2. The van der Waals surface area contributed by atoms with Crippen molar-refractivity contribution >= 4 is 23.3 Å². The monoisotopic (exact) mass is 378 g/mol. The van der Waals surface area contributed by atoms with Gasteiger partial charge in [0.2, 0.25) is 5.78 Å². The topological polar surface area (TPSA) is 93.1 Å². The second kappa shape index (κ2) is 7.42. The molecule has 3 atom stereocenters. The lowest BCUT2D eigenvalue weighted by Gasteiger charge is -2.18. The molecule has 0 unspecified atom stereocenters. The number of anilines is 1. The zero-order valence-corrected chi connectivity index (χ0v) is 15.6. The summed E-state index contributed by atoms with van der Waals surface area (Å²) < 4.78 is 1.65. The molecule has 2 amide bonds. The van der Waals surface area contributed by atoms with Crippen LogP contribution >= 0.6 is 0 Å². The number of hydrogen-bond acceptors (Lipinski definition) is 4. The lowest BCUT2D eigenvalue weighted by molar-refractivity contribution is -0.136. The lowest BCUT2D eigenvalue weighted by Crippen LogP contribution is -2.38. The summed E-state index contributed by atoms with van der Waals surface area (Å²) >= 11 is 0. The van der Waals surface area contributed by atoms with Crippen LogP contribution in [0.2, 0.25) is 0 Å². The van der Waals surface area contributed by atoms with Gasteiger partial charge in [0.05, 0.1) is 0 Å². The molecule has 0 saturated heterocycles. The standard InChI is InChI=1S/C21H22N4O3/c1-25-9-8-22-19(25)18(26)14-4-6-17(7-5-14)24-21(28)20(27)23-12-16-11-13-2-3-15(16)10-13/h2-9,13,15-16H,10-12H2,1H3,(H,23,27)(H,24,28)/t13-,15-,16-/m0/s1. The number of benzene rings is 1. The highest BCUT2D eigenvalue weighted by Crippen LogP contribution is 2.42. The first-order chi connectivity index (χ1) is 13.5. The molecule has 2 aliphatic carbocycles. The molecule has 28 heavy (non-hydrogen) atoms. The van der Waals surface area contributed by atoms with Crippen molar-refractivity contribution in [3.8, 4) is 0 Å². The van der Waals surface area contributed by atoms with Gasteiger partial charge in [0, 0.05) is 37.2 Å². The number of fused-ring (bicyclic) bond motifs is 2. The number of carbonyl (C=O) groups excluding carboxylic acids is 3. The first-order valence-electron chi connectivity index (χ1n) is 9.41. The van der Waals surface area contributed by atoms with Crippen LogP contribution in [-0.2, 0) is 16.6 Å². The molecule has 2 aliphatic rings. The summed E-state index contributed by atoms with van der Waals surface area (Å²) in [6.45, 7) is 0.523. The molecule has 0 aliphatic heterocycles. The van der Waals surface area contributed by atoms with E-state index in [1.54, 1.807) is 48.3 Å². The van der Waals surface area contributed by atoms with Crippen molar-refractivity contribution in [3.63, 3.8) is 0 Å². The number of allylic oxidation sites excluding steroid dienone is 2. The molecule has 0 spiro atoms. The van der Waals surface area contributed by atoms with E-state index in [0.717, 1.165) is 12.8 Å². The van der Waals surface area contributed by atoms with E-state index in [0.29, 0.717) is 41.4 Å². The van der Waals surface area contributed by atoms with Crippen molar-refractivity contribution in [2.45, 2.75) is 12.8 Å². The quantitative estimate of drug-likeness (QED) is 0.472. The molecule has 1 saturated carbocycles. The highest BCUT2D eigenvalue weighted by molar-refractivity contribution is 6.39. The van der Waals surface area contributed by atoms with Crippen LogP contribution in [0.4, 0.5) is 5.69 Å². The average molecular weight is 378 g/mol. The molecule has 2 bridgehead atoms. The van der Waals surface area contributed by atoms with Crippen LogP contribution in [-0.4, -0.2) is 33.7 Å². The van der Waals surface area contributed by atoms with Crippen LogP contribution in [0.1, 0.15) is 29.0 Å². The van der Waals surface area contributed by atoms with Gasteiger partial charge in [0.1, 0.15) is 0 Å². The van der Waals surface area contributed by atoms with Crippen LogP contribution in [0.25, 0.3) is 0 Å². The van der Waals surface area contributed by atoms with E-state index in [2.05, 4.69) is 27.8 Å². The van der Waals surface area contributed by atoms with Gasteiger partial charge in [-0.1, -0.05) is 12.2 Å². The minimum Gasteiger partial charge on any atom is -0.348 e. The predicted octanol–water partition coefficient (Wildman–Crippen LogP) is 1.92. The number of amides is 2. The predicted molar refractivity (Wildman–Crippen MR) is 104 cm³/mol.